The third-order valence-corrected chi connectivity index (χ3v) is 6.94. The number of carbonyl (C=O) groups excluding carboxylic acids is 1. The van der Waals surface area contributed by atoms with Crippen LogP contribution in [-0.4, -0.2) is 14.3 Å². The Bertz CT molecular complexity index is 1360. The molecule has 0 aliphatic rings. The van der Waals surface area contributed by atoms with E-state index < -0.39 is 10.0 Å². The normalized spacial score (nSPS) is 11.3. The minimum atomic E-state index is -3.76. The second-order valence-electron chi connectivity index (χ2n) is 7.87. The highest BCUT2D eigenvalue weighted by atomic mass is 32.2. The van der Waals surface area contributed by atoms with E-state index in [2.05, 4.69) is 41.2 Å². The highest BCUT2D eigenvalue weighted by Gasteiger charge is 2.15. The number of aryl methyl sites for hydroxylation is 2. The number of anilines is 2. The Hall–Kier alpha value is -3.64. The van der Waals surface area contributed by atoms with E-state index in [0.717, 1.165) is 22.8 Å². The highest BCUT2D eigenvalue weighted by Crippen LogP contribution is 2.26. The SMILES string of the molecule is CCc1ccc(CCC(=O)Nc2ccc(S(=O)(=O)Nc3cccc4ccccc34)cc2)cc1. The van der Waals surface area contributed by atoms with E-state index in [9.17, 15) is 13.2 Å². The molecule has 2 N–H and O–H groups in total. The van der Waals surface area contributed by atoms with Crippen LogP contribution in [0.25, 0.3) is 10.8 Å². The maximum Gasteiger partial charge on any atom is 0.261 e. The van der Waals surface area contributed by atoms with Crippen molar-refractivity contribution in [2.45, 2.75) is 31.1 Å². The molecule has 6 heteroatoms. The second-order valence-corrected chi connectivity index (χ2v) is 9.56. The first-order valence-electron chi connectivity index (χ1n) is 10.9. The average molecular weight is 459 g/mol. The number of benzene rings is 4. The van der Waals surface area contributed by atoms with Crippen LogP contribution in [-0.2, 0) is 27.7 Å². The van der Waals surface area contributed by atoms with Crippen molar-refractivity contribution in [1.29, 1.82) is 0 Å². The molecule has 0 bridgehead atoms. The number of hydrogen-bond donors (Lipinski definition) is 2. The molecule has 4 aromatic rings. The van der Waals surface area contributed by atoms with Crippen LogP contribution in [0.1, 0.15) is 24.5 Å². The van der Waals surface area contributed by atoms with Gasteiger partial charge in [-0.3, -0.25) is 9.52 Å². The van der Waals surface area contributed by atoms with Crippen molar-refractivity contribution in [1.82, 2.24) is 0 Å². The summed E-state index contributed by atoms with van der Waals surface area (Å²) in [6.07, 6.45) is 2.00. The third kappa shape index (κ3) is 5.59. The highest BCUT2D eigenvalue weighted by molar-refractivity contribution is 7.92. The molecule has 0 fully saturated rings. The van der Waals surface area contributed by atoms with E-state index in [1.165, 1.54) is 17.7 Å². The first kappa shape index (κ1) is 22.6. The standard InChI is InChI=1S/C27H26N2O3S/c1-2-20-10-12-21(13-11-20)14-19-27(30)28-23-15-17-24(18-16-23)33(31,32)29-26-9-5-7-22-6-3-4-8-25(22)26/h3-13,15-18,29H,2,14,19H2,1H3,(H,28,30). The summed E-state index contributed by atoms with van der Waals surface area (Å²) in [5.41, 5.74) is 3.47. The molecule has 4 rings (SSSR count). The Balaban J connectivity index is 1.39. The Kier molecular flexibility index (Phi) is 6.75. The molecule has 4 aromatic carbocycles. The van der Waals surface area contributed by atoms with Gasteiger partial charge in [0.1, 0.15) is 0 Å². The fraction of sp³-hybridized carbons (Fsp3) is 0.148. The molecule has 0 spiro atoms. The van der Waals surface area contributed by atoms with Crippen LogP contribution in [0.5, 0.6) is 0 Å². The molecule has 0 aromatic heterocycles. The Labute approximate surface area is 194 Å². The molecule has 0 unspecified atom stereocenters. The fourth-order valence-corrected chi connectivity index (χ4v) is 4.74. The van der Waals surface area contributed by atoms with E-state index in [1.54, 1.807) is 18.2 Å². The van der Waals surface area contributed by atoms with Crippen LogP contribution in [0.15, 0.2) is 95.9 Å². The lowest BCUT2D eigenvalue weighted by Gasteiger charge is -2.11. The van der Waals surface area contributed by atoms with Crippen LogP contribution in [0.3, 0.4) is 0 Å². The molecule has 0 saturated heterocycles. The van der Waals surface area contributed by atoms with E-state index in [0.29, 0.717) is 24.2 Å². The monoisotopic (exact) mass is 458 g/mol. The van der Waals surface area contributed by atoms with Gasteiger partial charge in [-0.15, -0.1) is 0 Å². The van der Waals surface area contributed by atoms with E-state index in [4.69, 9.17) is 0 Å². The van der Waals surface area contributed by atoms with Crippen molar-refractivity contribution in [2.75, 3.05) is 10.0 Å². The molecular formula is C27H26N2O3S. The van der Waals surface area contributed by atoms with Gasteiger partial charge in [-0.05, 0) is 59.7 Å². The first-order chi connectivity index (χ1) is 15.9. The quantitative estimate of drug-likeness (QED) is 0.352. The fourth-order valence-electron chi connectivity index (χ4n) is 3.66. The topological polar surface area (TPSA) is 75.3 Å². The van der Waals surface area contributed by atoms with Crippen molar-refractivity contribution in [2.24, 2.45) is 0 Å². The van der Waals surface area contributed by atoms with Crippen molar-refractivity contribution in [3.05, 3.63) is 102 Å². The Morgan fingerprint density at radius 1 is 0.788 bits per heavy atom. The summed E-state index contributed by atoms with van der Waals surface area (Å²) in [5, 5.41) is 4.62. The first-order valence-corrected chi connectivity index (χ1v) is 12.4. The van der Waals surface area contributed by atoms with Crippen LogP contribution in [0.2, 0.25) is 0 Å². The van der Waals surface area contributed by atoms with Crippen LogP contribution in [0, 0.1) is 0 Å². The van der Waals surface area contributed by atoms with E-state index in [-0.39, 0.29) is 10.8 Å². The molecule has 0 heterocycles. The zero-order chi connectivity index (χ0) is 23.3. The number of sulfonamides is 1. The summed E-state index contributed by atoms with van der Waals surface area (Å²) >= 11 is 0. The van der Waals surface area contributed by atoms with Crippen molar-refractivity contribution in [3.8, 4) is 0 Å². The predicted molar refractivity (Wildman–Crippen MR) is 134 cm³/mol. The number of hydrogen-bond acceptors (Lipinski definition) is 3. The maximum atomic E-state index is 12.9. The van der Waals surface area contributed by atoms with Crippen molar-refractivity contribution in [3.63, 3.8) is 0 Å². The van der Waals surface area contributed by atoms with Gasteiger partial charge in [0.05, 0.1) is 10.6 Å². The van der Waals surface area contributed by atoms with Gasteiger partial charge in [-0.25, -0.2) is 8.42 Å². The molecule has 0 radical (unpaired) electrons. The zero-order valence-corrected chi connectivity index (χ0v) is 19.2. The number of nitrogens with one attached hydrogen (secondary N) is 2. The number of carbonyl (C=O) groups is 1. The minimum Gasteiger partial charge on any atom is -0.326 e. The van der Waals surface area contributed by atoms with Gasteiger partial charge >= 0.3 is 0 Å². The lowest BCUT2D eigenvalue weighted by molar-refractivity contribution is -0.116. The van der Waals surface area contributed by atoms with Crippen molar-refractivity contribution < 1.29 is 13.2 Å². The van der Waals surface area contributed by atoms with Gasteiger partial charge in [-0.2, -0.15) is 0 Å². The predicted octanol–water partition coefficient (Wildman–Crippen LogP) is 5.77. The van der Waals surface area contributed by atoms with Gasteiger partial charge in [0, 0.05) is 17.5 Å². The average Bonchev–Trinajstić information content (AvgIpc) is 2.83. The molecular weight excluding hydrogens is 432 g/mol. The molecule has 33 heavy (non-hydrogen) atoms. The van der Waals surface area contributed by atoms with Crippen LogP contribution < -0.4 is 10.0 Å². The van der Waals surface area contributed by atoms with Crippen LogP contribution in [0.4, 0.5) is 11.4 Å². The van der Waals surface area contributed by atoms with Crippen molar-refractivity contribution >= 4 is 38.1 Å². The second kappa shape index (κ2) is 9.88. The van der Waals surface area contributed by atoms with E-state index in [1.807, 2.05) is 36.4 Å². The third-order valence-electron chi connectivity index (χ3n) is 5.55. The summed E-state index contributed by atoms with van der Waals surface area (Å²) in [5.74, 6) is -0.112. The molecule has 0 atom stereocenters. The summed E-state index contributed by atoms with van der Waals surface area (Å²) < 4.78 is 28.4. The molecule has 168 valence electrons. The van der Waals surface area contributed by atoms with Gasteiger partial charge in [0.15, 0.2) is 0 Å². The lowest BCUT2D eigenvalue weighted by atomic mass is 10.1. The van der Waals surface area contributed by atoms with Gasteiger partial charge < -0.3 is 5.32 Å². The van der Waals surface area contributed by atoms with Gasteiger partial charge in [0.2, 0.25) is 5.91 Å². The van der Waals surface area contributed by atoms with E-state index >= 15 is 0 Å². The summed E-state index contributed by atoms with van der Waals surface area (Å²) in [6, 6.07) is 27.5. The Morgan fingerprint density at radius 3 is 2.18 bits per heavy atom. The molecule has 0 saturated carbocycles. The Morgan fingerprint density at radius 2 is 1.45 bits per heavy atom. The summed E-state index contributed by atoms with van der Waals surface area (Å²) in [4.78, 5) is 12.4. The largest absolute Gasteiger partial charge is 0.326 e. The zero-order valence-electron chi connectivity index (χ0n) is 18.4. The molecule has 5 nitrogen and oxygen atoms in total. The summed E-state index contributed by atoms with van der Waals surface area (Å²) in [6.45, 7) is 2.11. The lowest BCUT2D eigenvalue weighted by Crippen LogP contribution is -2.14. The molecule has 1 amide bonds. The molecule has 0 aliphatic carbocycles. The summed E-state index contributed by atoms with van der Waals surface area (Å²) in [7, 11) is -3.76. The number of amides is 1. The maximum absolute atomic E-state index is 12.9. The minimum absolute atomic E-state index is 0.112. The molecule has 0 aliphatic heterocycles. The number of fused-ring (bicyclic) bond motifs is 1. The smallest absolute Gasteiger partial charge is 0.261 e. The van der Waals surface area contributed by atoms with Crippen LogP contribution >= 0.6 is 0 Å². The van der Waals surface area contributed by atoms with Gasteiger partial charge in [0.25, 0.3) is 10.0 Å². The number of rotatable bonds is 8. The van der Waals surface area contributed by atoms with Gasteiger partial charge in [-0.1, -0.05) is 67.6 Å².